The lowest BCUT2D eigenvalue weighted by Gasteiger charge is -2.24. The molecule has 2 N–H and O–H groups in total. The van der Waals surface area contributed by atoms with E-state index in [1.165, 1.54) is 18.5 Å². The Morgan fingerprint density at radius 1 is 1.42 bits per heavy atom. The maximum absolute atomic E-state index is 14.3. The van der Waals surface area contributed by atoms with Crippen molar-refractivity contribution in [1.29, 1.82) is 0 Å². The number of phosphoric ester groups is 1. The number of nitrogens with zero attached hydrogens (tertiary/aromatic N) is 3. The number of hydrogen-bond donors (Lipinski definition) is 2. The Morgan fingerprint density at radius 3 is 2.73 bits per heavy atom. The predicted molar refractivity (Wildman–Crippen MR) is 87.9 cm³/mol. The molecule has 1 aromatic rings. The molecule has 0 saturated carbocycles. The number of likely N-dealkylation sites (N-methyl/N-ethyl adjacent to an activating group) is 1. The monoisotopic (exact) mass is 396 g/mol. The van der Waals surface area contributed by atoms with Crippen LogP contribution in [-0.4, -0.2) is 83.3 Å². The van der Waals surface area contributed by atoms with E-state index in [0.29, 0.717) is 11.0 Å². The van der Waals surface area contributed by atoms with E-state index >= 15 is 0 Å². The van der Waals surface area contributed by atoms with Crippen molar-refractivity contribution in [2.75, 3.05) is 40.9 Å². The van der Waals surface area contributed by atoms with Crippen LogP contribution < -0.4 is 5.69 Å². The Hall–Kier alpha value is -1.20. The molecule has 1 aliphatic heterocycles. The Morgan fingerprint density at radius 2 is 2.12 bits per heavy atom. The van der Waals surface area contributed by atoms with Crippen LogP contribution in [0.2, 0.25) is 0 Å². The van der Waals surface area contributed by atoms with Gasteiger partial charge >= 0.3 is 13.5 Å². The first-order chi connectivity index (χ1) is 12.0. The van der Waals surface area contributed by atoms with Gasteiger partial charge in [0.1, 0.15) is 25.4 Å². The lowest BCUT2D eigenvalue weighted by atomic mass is 10.1. The average Bonchev–Trinajstić information content (AvgIpc) is 2.80. The number of alkyl halides is 1. The van der Waals surface area contributed by atoms with Crippen LogP contribution in [0.5, 0.6) is 0 Å². The third-order valence-corrected chi connectivity index (χ3v) is 4.71. The van der Waals surface area contributed by atoms with Crippen LogP contribution in [0.3, 0.4) is 0 Å². The topological polar surface area (TPSA) is 120 Å². The first-order valence-corrected chi connectivity index (χ1v) is 9.43. The quantitative estimate of drug-likeness (QED) is 0.453. The number of aliphatic hydroxyl groups is 1. The molecule has 10 nitrogen and oxygen atoms in total. The van der Waals surface area contributed by atoms with Crippen molar-refractivity contribution < 1.29 is 37.2 Å². The second kappa shape index (κ2) is 8.22. The van der Waals surface area contributed by atoms with Gasteiger partial charge in [0, 0.05) is 12.4 Å². The molecule has 0 aromatic carbocycles. The SMILES string of the molecule is C[N+](C)(C)CCOP(=O)(O)OC[C@H]1O[C@@H](n2cccnc2=O)C(F)[C@@H]1O. The summed E-state index contributed by atoms with van der Waals surface area (Å²) in [5, 5.41) is 9.93. The van der Waals surface area contributed by atoms with Crippen molar-refractivity contribution in [2.45, 2.75) is 24.6 Å². The van der Waals surface area contributed by atoms with Crippen LogP contribution in [-0.2, 0) is 18.3 Å². The summed E-state index contributed by atoms with van der Waals surface area (Å²) in [6.45, 7) is -0.134. The molecule has 1 aromatic heterocycles. The van der Waals surface area contributed by atoms with E-state index in [1.54, 1.807) is 0 Å². The molecule has 2 unspecified atom stereocenters. The number of aliphatic hydroxyl groups excluding tert-OH is 1. The molecule has 1 aliphatic rings. The van der Waals surface area contributed by atoms with E-state index in [1.807, 2.05) is 21.1 Å². The highest BCUT2D eigenvalue weighted by atomic mass is 31.2. The molecular formula is C14H24FN3O7P+. The van der Waals surface area contributed by atoms with Crippen molar-refractivity contribution in [1.82, 2.24) is 9.55 Å². The van der Waals surface area contributed by atoms with Crippen LogP contribution in [0.15, 0.2) is 23.3 Å². The standard InChI is InChI=1S/C14H23FN3O7P/c1-18(2,3)7-8-23-26(21,22)24-9-10-12(19)11(15)13(25-10)17-6-4-5-16-14(17)20/h4-6,10-13,19H,7-9H2,1-3H3/p+1/t10-,11?,12-,13-/m1/s1. The number of rotatable bonds is 8. The molecule has 2 heterocycles. The van der Waals surface area contributed by atoms with Crippen molar-refractivity contribution in [3.8, 4) is 0 Å². The van der Waals surface area contributed by atoms with Gasteiger partial charge in [-0.3, -0.25) is 13.6 Å². The number of quaternary nitrogens is 1. The zero-order valence-corrected chi connectivity index (χ0v) is 15.7. The minimum atomic E-state index is -4.38. The highest BCUT2D eigenvalue weighted by Crippen LogP contribution is 2.44. The van der Waals surface area contributed by atoms with Gasteiger partial charge in [0.05, 0.1) is 27.7 Å². The zero-order valence-electron chi connectivity index (χ0n) is 14.8. The molecule has 0 aliphatic carbocycles. The number of halogens is 1. The first kappa shape index (κ1) is 21.1. The summed E-state index contributed by atoms with van der Waals surface area (Å²) in [7, 11) is 1.28. The molecule has 2 rings (SSSR count). The summed E-state index contributed by atoms with van der Waals surface area (Å²) in [6, 6.07) is 1.41. The Kier molecular flexibility index (Phi) is 6.67. The Bertz CT molecular complexity index is 710. The highest BCUT2D eigenvalue weighted by Gasteiger charge is 2.46. The highest BCUT2D eigenvalue weighted by molar-refractivity contribution is 7.47. The van der Waals surface area contributed by atoms with Gasteiger partial charge in [-0.25, -0.2) is 18.7 Å². The summed E-state index contributed by atoms with van der Waals surface area (Å²) < 4.78 is 42.5. The van der Waals surface area contributed by atoms with E-state index in [0.717, 1.165) is 4.57 Å². The van der Waals surface area contributed by atoms with Gasteiger partial charge in [-0.15, -0.1) is 0 Å². The van der Waals surface area contributed by atoms with E-state index < -0.39 is 44.7 Å². The summed E-state index contributed by atoms with van der Waals surface area (Å²) >= 11 is 0. The lowest BCUT2D eigenvalue weighted by molar-refractivity contribution is -0.870. The van der Waals surface area contributed by atoms with Crippen molar-refractivity contribution in [3.05, 3.63) is 28.9 Å². The zero-order chi connectivity index (χ0) is 19.5. The molecule has 1 fully saturated rings. The van der Waals surface area contributed by atoms with Crippen molar-refractivity contribution in [3.63, 3.8) is 0 Å². The minimum Gasteiger partial charge on any atom is -0.387 e. The molecule has 26 heavy (non-hydrogen) atoms. The molecule has 1 saturated heterocycles. The number of phosphoric acid groups is 1. The average molecular weight is 396 g/mol. The molecule has 0 spiro atoms. The van der Waals surface area contributed by atoms with Crippen LogP contribution >= 0.6 is 7.82 Å². The first-order valence-electron chi connectivity index (χ1n) is 7.93. The molecule has 0 bridgehead atoms. The number of aromatic nitrogens is 2. The minimum absolute atomic E-state index is 0.0230. The third kappa shape index (κ3) is 5.65. The maximum atomic E-state index is 14.3. The van der Waals surface area contributed by atoms with Gasteiger partial charge in [-0.05, 0) is 6.07 Å². The van der Waals surface area contributed by atoms with Gasteiger partial charge < -0.3 is 19.2 Å². The largest absolute Gasteiger partial charge is 0.472 e. The second-order valence-corrected chi connectivity index (χ2v) is 8.37. The van der Waals surface area contributed by atoms with Crippen LogP contribution in [0.1, 0.15) is 6.23 Å². The molecule has 12 heteroatoms. The van der Waals surface area contributed by atoms with Gasteiger partial charge in [0.15, 0.2) is 12.4 Å². The van der Waals surface area contributed by atoms with Gasteiger partial charge in [-0.1, -0.05) is 0 Å². The second-order valence-electron chi connectivity index (χ2n) is 6.92. The third-order valence-electron chi connectivity index (χ3n) is 3.73. The fraction of sp³-hybridized carbons (Fsp3) is 0.714. The summed E-state index contributed by atoms with van der Waals surface area (Å²) in [5.74, 6) is 0. The summed E-state index contributed by atoms with van der Waals surface area (Å²) in [4.78, 5) is 24.8. The maximum Gasteiger partial charge on any atom is 0.472 e. The number of ether oxygens (including phenoxy) is 1. The molecule has 0 radical (unpaired) electrons. The van der Waals surface area contributed by atoms with E-state index in [-0.39, 0.29) is 6.61 Å². The molecular weight excluding hydrogens is 372 g/mol. The Balaban J connectivity index is 1.93. The fourth-order valence-electron chi connectivity index (χ4n) is 2.26. The van der Waals surface area contributed by atoms with Crippen molar-refractivity contribution in [2.24, 2.45) is 0 Å². The number of hydrogen-bond acceptors (Lipinski definition) is 7. The summed E-state index contributed by atoms with van der Waals surface area (Å²) in [5.41, 5.74) is -0.745. The molecule has 148 valence electrons. The fourth-order valence-corrected chi connectivity index (χ4v) is 2.98. The smallest absolute Gasteiger partial charge is 0.387 e. The van der Waals surface area contributed by atoms with Gasteiger partial charge in [-0.2, -0.15) is 0 Å². The van der Waals surface area contributed by atoms with E-state index in [9.17, 15) is 23.7 Å². The molecule has 0 amide bonds. The van der Waals surface area contributed by atoms with Crippen LogP contribution in [0, 0.1) is 0 Å². The van der Waals surface area contributed by atoms with E-state index in [2.05, 4.69) is 4.98 Å². The Labute approximate surface area is 149 Å². The summed E-state index contributed by atoms with van der Waals surface area (Å²) in [6.07, 6.45) is -3.70. The van der Waals surface area contributed by atoms with E-state index in [4.69, 9.17) is 13.8 Å². The molecule has 5 atom stereocenters. The van der Waals surface area contributed by atoms with Crippen LogP contribution in [0.4, 0.5) is 4.39 Å². The normalized spacial score (nSPS) is 28.8. The van der Waals surface area contributed by atoms with Crippen molar-refractivity contribution >= 4 is 7.82 Å². The predicted octanol–water partition coefficient (Wildman–Crippen LogP) is -0.320. The van der Waals surface area contributed by atoms with Gasteiger partial charge in [0.2, 0.25) is 0 Å². The lowest BCUT2D eigenvalue weighted by Crippen LogP contribution is -2.37. The van der Waals surface area contributed by atoms with Crippen LogP contribution in [0.25, 0.3) is 0 Å². The van der Waals surface area contributed by atoms with Gasteiger partial charge in [0.25, 0.3) is 0 Å².